The number of rotatable bonds is 2. The maximum absolute atomic E-state index is 11.6. The molecule has 0 bridgehead atoms. The van der Waals surface area contributed by atoms with Crippen LogP contribution in [0.2, 0.25) is 0 Å². The highest BCUT2D eigenvalue weighted by molar-refractivity contribution is 6.14. The van der Waals surface area contributed by atoms with E-state index in [4.69, 9.17) is 0 Å². The first-order valence-electron chi connectivity index (χ1n) is 4.93. The molecule has 0 saturated heterocycles. The molecule has 84 valence electrons. The fraction of sp³-hybridized carbons (Fsp3) is 0.333. The van der Waals surface area contributed by atoms with Crippen LogP contribution in [-0.4, -0.2) is 21.8 Å². The monoisotopic (exact) mass is 220 g/mol. The third-order valence-electron chi connectivity index (χ3n) is 3.29. The number of carbonyl (C=O) groups is 2. The molecule has 1 aliphatic rings. The molecule has 0 saturated carbocycles. The molecule has 4 heteroatoms. The first-order chi connectivity index (χ1) is 7.36. The number of aliphatic hydroxyl groups is 2. The summed E-state index contributed by atoms with van der Waals surface area (Å²) in [6, 6.07) is 6.36. The normalized spacial score (nSPS) is 19.5. The summed E-state index contributed by atoms with van der Waals surface area (Å²) >= 11 is 0. The fourth-order valence-electron chi connectivity index (χ4n) is 2.56. The summed E-state index contributed by atoms with van der Waals surface area (Å²) in [6.45, 7) is 2.39. The minimum absolute atomic E-state index is 0.223. The van der Waals surface area contributed by atoms with Crippen LogP contribution in [0.25, 0.3) is 0 Å². The van der Waals surface area contributed by atoms with Crippen molar-refractivity contribution in [1.29, 1.82) is 0 Å². The van der Waals surface area contributed by atoms with Gasteiger partial charge in [-0.2, -0.15) is 0 Å². The van der Waals surface area contributed by atoms with E-state index in [1.54, 1.807) is 18.2 Å². The van der Waals surface area contributed by atoms with Gasteiger partial charge in [-0.25, -0.2) is 0 Å². The van der Waals surface area contributed by atoms with Gasteiger partial charge in [0.2, 0.25) is 5.79 Å². The van der Waals surface area contributed by atoms with E-state index in [2.05, 4.69) is 0 Å². The fourth-order valence-corrected chi connectivity index (χ4v) is 2.56. The van der Waals surface area contributed by atoms with Crippen LogP contribution in [0.1, 0.15) is 25.0 Å². The molecule has 1 aromatic rings. The number of fused-ring (bicyclic) bond motifs is 1. The summed E-state index contributed by atoms with van der Waals surface area (Å²) < 4.78 is 0. The lowest BCUT2D eigenvalue weighted by molar-refractivity contribution is -0.236. The van der Waals surface area contributed by atoms with Crippen molar-refractivity contribution >= 4 is 11.6 Å². The van der Waals surface area contributed by atoms with Gasteiger partial charge in [-0.1, -0.05) is 24.3 Å². The van der Waals surface area contributed by atoms with Gasteiger partial charge < -0.3 is 10.2 Å². The van der Waals surface area contributed by atoms with Crippen LogP contribution < -0.4 is 0 Å². The lowest BCUT2D eigenvalue weighted by Gasteiger charge is -2.50. The first-order valence-corrected chi connectivity index (χ1v) is 4.93. The molecule has 16 heavy (non-hydrogen) atoms. The predicted octanol–water partition coefficient (Wildman–Crippen LogP) is 0.253. The highest BCUT2D eigenvalue weighted by Gasteiger charge is 2.68. The Morgan fingerprint density at radius 3 is 1.88 bits per heavy atom. The number of benzene rings is 1. The standard InChI is InChI=1S/C12H12O4/c1-7(13)11(8(2)14)9-5-3-4-6-10(9)12(11,15)16/h3-6,15-16H,1-2H3. The first kappa shape index (κ1) is 11.0. The number of ketones is 2. The van der Waals surface area contributed by atoms with Crippen LogP contribution in [0.4, 0.5) is 0 Å². The summed E-state index contributed by atoms with van der Waals surface area (Å²) in [5.74, 6) is -3.49. The van der Waals surface area contributed by atoms with Crippen LogP contribution in [-0.2, 0) is 20.8 Å². The predicted molar refractivity (Wildman–Crippen MR) is 55.6 cm³/mol. The largest absolute Gasteiger partial charge is 0.361 e. The zero-order valence-corrected chi connectivity index (χ0v) is 9.02. The highest BCUT2D eigenvalue weighted by Crippen LogP contribution is 2.54. The second kappa shape index (κ2) is 2.99. The lowest BCUT2D eigenvalue weighted by Crippen LogP contribution is -2.66. The zero-order valence-electron chi connectivity index (χ0n) is 9.02. The molecule has 2 N–H and O–H groups in total. The van der Waals surface area contributed by atoms with Crippen molar-refractivity contribution in [3.8, 4) is 0 Å². The van der Waals surface area contributed by atoms with Gasteiger partial charge in [-0.15, -0.1) is 0 Å². The van der Waals surface area contributed by atoms with Crippen LogP contribution in [0.3, 0.4) is 0 Å². The van der Waals surface area contributed by atoms with E-state index in [0.717, 1.165) is 0 Å². The van der Waals surface area contributed by atoms with Gasteiger partial charge >= 0.3 is 0 Å². The molecule has 0 fully saturated rings. The number of hydrogen-bond donors (Lipinski definition) is 2. The molecule has 1 aromatic carbocycles. The van der Waals surface area contributed by atoms with Gasteiger partial charge in [0.1, 0.15) is 0 Å². The van der Waals surface area contributed by atoms with Crippen LogP contribution in [0.15, 0.2) is 24.3 Å². The summed E-state index contributed by atoms with van der Waals surface area (Å²) in [5.41, 5.74) is -1.20. The van der Waals surface area contributed by atoms with Crippen molar-refractivity contribution < 1.29 is 19.8 Å². The molecule has 0 aliphatic heterocycles. The summed E-state index contributed by atoms with van der Waals surface area (Å²) in [5, 5.41) is 19.9. The molecule has 0 amide bonds. The molecule has 0 aromatic heterocycles. The number of Topliss-reactive ketones (excluding diaryl/α,β-unsaturated/α-hetero) is 2. The Hall–Kier alpha value is -1.52. The lowest BCUT2D eigenvalue weighted by atomic mass is 9.55. The topological polar surface area (TPSA) is 74.6 Å². The quantitative estimate of drug-likeness (QED) is 0.553. The molecule has 2 rings (SSSR count). The van der Waals surface area contributed by atoms with Crippen LogP contribution in [0.5, 0.6) is 0 Å². The summed E-state index contributed by atoms with van der Waals surface area (Å²) in [4.78, 5) is 23.3. The van der Waals surface area contributed by atoms with Gasteiger partial charge in [0.15, 0.2) is 17.0 Å². The van der Waals surface area contributed by atoms with Crippen molar-refractivity contribution in [3.63, 3.8) is 0 Å². The Morgan fingerprint density at radius 1 is 1.00 bits per heavy atom. The second-order valence-electron chi connectivity index (χ2n) is 4.08. The Bertz CT molecular complexity index is 474. The van der Waals surface area contributed by atoms with E-state index in [9.17, 15) is 19.8 Å². The third kappa shape index (κ3) is 0.911. The Kier molecular flexibility index (Phi) is 2.05. The number of carbonyl (C=O) groups excluding carboxylic acids is 2. The van der Waals surface area contributed by atoms with E-state index in [1.165, 1.54) is 19.9 Å². The molecule has 0 radical (unpaired) electrons. The molecule has 0 unspecified atom stereocenters. The maximum atomic E-state index is 11.6. The Labute approximate surface area is 92.5 Å². The van der Waals surface area contributed by atoms with Gasteiger partial charge in [0.25, 0.3) is 0 Å². The second-order valence-corrected chi connectivity index (χ2v) is 4.08. The Balaban J connectivity index is 2.77. The molecular weight excluding hydrogens is 208 g/mol. The third-order valence-corrected chi connectivity index (χ3v) is 3.29. The van der Waals surface area contributed by atoms with Gasteiger partial charge in [0.05, 0.1) is 0 Å². The van der Waals surface area contributed by atoms with Crippen molar-refractivity contribution in [2.45, 2.75) is 25.0 Å². The van der Waals surface area contributed by atoms with Gasteiger partial charge in [0, 0.05) is 5.56 Å². The average molecular weight is 220 g/mol. The maximum Gasteiger partial charge on any atom is 0.214 e. The van der Waals surface area contributed by atoms with Gasteiger partial charge in [-0.3, -0.25) is 9.59 Å². The van der Waals surface area contributed by atoms with Crippen molar-refractivity contribution in [2.24, 2.45) is 0 Å². The van der Waals surface area contributed by atoms with Crippen LogP contribution >= 0.6 is 0 Å². The Morgan fingerprint density at radius 2 is 1.44 bits per heavy atom. The van der Waals surface area contributed by atoms with E-state index >= 15 is 0 Å². The van der Waals surface area contributed by atoms with Gasteiger partial charge in [-0.05, 0) is 19.4 Å². The minimum atomic E-state index is -2.39. The average Bonchev–Trinajstić information content (AvgIpc) is 2.16. The molecule has 0 atom stereocenters. The molecule has 0 spiro atoms. The summed E-state index contributed by atoms with van der Waals surface area (Å²) in [7, 11) is 0. The van der Waals surface area contributed by atoms with E-state index < -0.39 is 22.8 Å². The van der Waals surface area contributed by atoms with Crippen molar-refractivity contribution in [1.82, 2.24) is 0 Å². The highest BCUT2D eigenvalue weighted by atomic mass is 16.5. The van der Waals surface area contributed by atoms with Crippen molar-refractivity contribution in [2.75, 3.05) is 0 Å². The van der Waals surface area contributed by atoms with Crippen LogP contribution in [0, 0.1) is 0 Å². The molecular formula is C12H12O4. The minimum Gasteiger partial charge on any atom is -0.361 e. The van der Waals surface area contributed by atoms with Crippen molar-refractivity contribution in [3.05, 3.63) is 35.4 Å². The van der Waals surface area contributed by atoms with E-state index in [0.29, 0.717) is 5.56 Å². The molecule has 1 aliphatic carbocycles. The molecule has 0 heterocycles. The SMILES string of the molecule is CC(=O)C1(C(C)=O)c2ccccc2C1(O)O. The smallest absolute Gasteiger partial charge is 0.214 e. The van der Waals surface area contributed by atoms with E-state index in [-0.39, 0.29) is 5.56 Å². The van der Waals surface area contributed by atoms with E-state index in [1.807, 2.05) is 0 Å². The number of hydrogen-bond acceptors (Lipinski definition) is 4. The molecule has 4 nitrogen and oxygen atoms in total. The zero-order chi connectivity index (χ0) is 12.1. The summed E-state index contributed by atoms with van der Waals surface area (Å²) in [6.07, 6.45) is 0.